The number of esters is 1. The summed E-state index contributed by atoms with van der Waals surface area (Å²) in [4.78, 5) is 15.9. The lowest BCUT2D eigenvalue weighted by molar-refractivity contribution is -0.151. The van der Waals surface area contributed by atoms with Crippen LogP contribution in [0.1, 0.15) is 58.1 Å². The number of benzene rings is 3. The number of aryl methyl sites for hydroxylation is 1. The second-order valence-electron chi connectivity index (χ2n) is 12.7. The van der Waals surface area contributed by atoms with Crippen molar-refractivity contribution in [3.63, 3.8) is 0 Å². The highest BCUT2D eigenvalue weighted by Crippen LogP contribution is 2.38. The summed E-state index contributed by atoms with van der Waals surface area (Å²) in [6, 6.07) is 23.8. The summed E-state index contributed by atoms with van der Waals surface area (Å²) in [6.45, 7) is 8.44. The highest BCUT2D eigenvalue weighted by Gasteiger charge is 2.54. The molecule has 0 bridgehead atoms. The minimum Gasteiger partial charge on any atom is -0.464 e. The van der Waals surface area contributed by atoms with Crippen LogP contribution in [-0.2, 0) is 32.3 Å². The van der Waals surface area contributed by atoms with E-state index in [1.54, 1.807) is 24.3 Å². The normalized spacial score (nSPS) is 16.2. The third kappa shape index (κ3) is 7.84. The lowest BCUT2D eigenvalue weighted by Gasteiger charge is -2.39. The van der Waals surface area contributed by atoms with E-state index in [-0.39, 0.29) is 42.6 Å². The van der Waals surface area contributed by atoms with Crippen LogP contribution >= 0.6 is 0 Å². The van der Waals surface area contributed by atoms with Gasteiger partial charge in [-0.1, -0.05) is 87.5 Å². The number of rotatable bonds is 10. The first-order valence-electron chi connectivity index (χ1n) is 14.4. The van der Waals surface area contributed by atoms with Crippen molar-refractivity contribution in [2.45, 2.75) is 75.5 Å². The quantitative estimate of drug-likeness (QED) is 0.229. The molecule has 42 heavy (non-hydrogen) atoms. The summed E-state index contributed by atoms with van der Waals surface area (Å²) in [5.74, 6) is -3.40. The van der Waals surface area contributed by atoms with Gasteiger partial charge in [-0.25, -0.2) is 17.2 Å². The summed E-state index contributed by atoms with van der Waals surface area (Å²) in [6.07, 6.45) is 0.344. The van der Waals surface area contributed by atoms with Crippen molar-refractivity contribution in [2.24, 2.45) is 5.41 Å². The van der Waals surface area contributed by atoms with Gasteiger partial charge in [0.1, 0.15) is 0 Å². The molecule has 0 amide bonds. The maximum Gasteiger partial charge on any atom is 0.327 e. The van der Waals surface area contributed by atoms with Gasteiger partial charge < -0.3 is 4.74 Å². The lowest BCUT2D eigenvalue weighted by atomic mass is 9.94. The predicted octanol–water partition coefficient (Wildman–Crippen LogP) is 7.34. The van der Waals surface area contributed by atoms with Crippen LogP contribution in [0.5, 0.6) is 0 Å². The summed E-state index contributed by atoms with van der Waals surface area (Å²) in [5, 5.41) is 0. The fourth-order valence-electron chi connectivity index (χ4n) is 5.19. The number of carbonyl (C=O) groups excluding carboxylic acids is 1. The number of carbonyl (C=O) groups is 1. The zero-order chi connectivity index (χ0) is 30.6. The van der Waals surface area contributed by atoms with Crippen molar-refractivity contribution in [2.75, 3.05) is 19.7 Å². The van der Waals surface area contributed by atoms with Crippen LogP contribution in [0.2, 0.25) is 0 Å². The number of hydrogen-bond donors (Lipinski definition) is 0. The number of nitrogens with zero attached hydrogens (tertiary/aromatic N) is 1. The van der Waals surface area contributed by atoms with E-state index in [2.05, 4.69) is 4.90 Å². The molecule has 1 aliphatic heterocycles. The van der Waals surface area contributed by atoms with Crippen molar-refractivity contribution >= 4 is 15.8 Å². The molecule has 0 spiro atoms. The van der Waals surface area contributed by atoms with Crippen LogP contribution in [0.15, 0.2) is 83.8 Å². The van der Waals surface area contributed by atoms with E-state index in [0.29, 0.717) is 19.6 Å². The third-order valence-corrected chi connectivity index (χ3v) is 10.2. The first-order chi connectivity index (χ1) is 19.7. The smallest absolute Gasteiger partial charge is 0.327 e. The molecule has 0 saturated carbocycles. The molecule has 1 saturated heterocycles. The highest BCUT2D eigenvalue weighted by atomic mass is 32.2. The Bertz CT molecular complexity index is 1430. The average Bonchev–Trinajstić information content (AvgIpc) is 2.95. The molecule has 1 aliphatic rings. The van der Waals surface area contributed by atoms with Gasteiger partial charge in [0.15, 0.2) is 14.6 Å². The van der Waals surface area contributed by atoms with Crippen LogP contribution in [0, 0.1) is 5.41 Å². The summed E-state index contributed by atoms with van der Waals surface area (Å²) < 4.78 is 58.9. The molecule has 1 fully saturated rings. The van der Waals surface area contributed by atoms with Gasteiger partial charge in [0.05, 0.1) is 11.5 Å². The van der Waals surface area contributed by atoms with Crippen LogP contribution in [0.25, 0.3) is 11.1 Å². The van der Waals surface area contributed by atoms with Gasteiger partial charge in [-0.15, -0.1) is 0 Å². The largest absolute Gasteiger partial charge is 0.464 e. The van der Waals surface area contributed by atoms with Gasteiger partial charge in [0.2, 0.25) is 5.92 Å². The number of ether oxygens (including phenoxy) is 1. The van der Waals surface area contributed by atoms with E-state index in [1.807, 2.05) is 75.4 Å². The molecule has 3 aromatic carbocycles. The van der Waals surface area contributed by atoms with Crippen molar-refractivity contribution in [1.82, 2.24) is 4.90 Å². The molecule has 0 aliphatic carbocycles. The van der Waals surface area contributed by atoms with Crippen LogP contribution in [-0.4, -0.2) is 49.7 Å². The fourth-order valence-corrected chi connectivity index (χ4v) is 7.13. The third-order valence-electron chi connectivity index (χ3n) is 7.74. The Balaban J connectivity index is 1.55. The van der Waals surface area contributed by atoms with E-state index in [9.17, 15) is 22.0 Å². The first-order valence-corrected chi connectivity index (χ1v) is 15.9. The molecule has 0 N–H and O–H groups in total. The standard InChI is InChI=1S/C34H41F2NO4S/c1-32(2,3)25-41-31(38)34(20-22-37(23-21-34)24-27-8-6-5-7-9-27)42(39,40)30-16-14-29(15-17-30)28-12-10-26(11-13-28)18-19-33(4,35)36/h5-17H,18-25H2,1-4H3. The molecule has 1 heterocycles. The number of sulfone groups is 1. The Morgan fingerprint density at radius 1 is 0.833 bits per heavy atom. The minimum absolute atomic E-state index is 0.0808. The van der Waals surface area contributed by atoms with Gasteiger partial charge in [-0.2, -0.15) is 0 Å². The first kappa shape index (κ1) is 31.8. The van der Waals surface area contributed by atoms with Gasteiger partial charge in [-0.3, -0.25) is 9.69 Å². The minimum atomic E-state index is -4.09. The van der Waals surface area contributed by atoms with E-state index < -0.39 is 26.5 Å². The number of hydrogen-bond acceptors (Lipinski definition) is 5. The Labute approximate surface area is 248 Å². The Morgan fingerprint density at radius 3 is 1.90 bits per heavy atom. The zero-order valence-corrected chi connectivity index (χ0v) is 25.7. The molecular formula is C34H41F2NO4S. The SMILES string of the molecule is CC(C)(C)COC(=O)C1(S(=O)(=O)c2ccc(-c3ccc(CCC(C)(F)F)cc3)cc2)CCN(Cc2ccccc2)CC1. The number of halogens is 2. The van der Waals surface area contributed by atoms with Crippen molar-refractivity contribution < 1.29 is 26.7 Å². The Morgan fingerprint density at radius 2 is 1.38 bits per heavy atom. The molecular weight excluding hydrogens is 556 g/mol. The van der Waals surface area contributed by atoms with Crippen molar-refractivity contribution in [3.8, 4) is 11.1 Å². The maximum absolute atomic E-state index is 14.2. The van der Waals surface area contributed by atoms with Gasteiger partial charge >= 0.3 is 5.97 Å². The zero-order valence-electron chi connectivity index (χ0n) is 24.9. The summed E-state index contributed by atoms with van der Waals surface area (Å²) in [5.41, 5.74) is 3.29. The summed E-state index contributed by atoms with van der Waals surface area (Å²) >= 11 is 0. The van der Waals surface area contributed by atoms with E-state index >= 15 is 0 Å². The molecule has 226 valence electrons. The molecule has 4 rings (SSSR count). The summed E-state index contributed by atoms with van der Waals surface area (Å²) in [7, 11) is -4.09. The molecule has 0 unspecified atom stereocenters. The van der Waals surface area contributed by atoms with E-state index in [4.69, 9.17) is 4.74 Å². The molecule has 5 nitrogen and oxygen atoms in total. The number of piperidine rings is 1. The molecule has 0 aromatic heterocycles. The fraction of sp³-hybridized carbons (Fsp3) is 0.441. The van der Waals surface area contributed by atoms with Gasteiger partial charge in [0, 0.05) is 26.1 Å². The Kier molecular flexibility index (Phi) is 9.58. The van der Waals surface area contributed by atoms with Crippen LogP contribution in [0.4, 0.5) is 8.78 Å². The van der Waals surface area contributed by atoms with Crippen molar-refractivity contribution in [1.29, 1.82) is 0 Å². The van der Waals surface area contributed by atoms with Crippen LogP contribution in [0.3, 0.4) is 0 Å². The molecule has 0 radical (unpaired) electrons. The Hall–Kier alpha value is -3.10. The second-order valence-corrected chi connectivity index (χ2v) is 14.9. The number of alkyl halides is 2. The molecule has 3 aromatic rings. The van der Waals surface area contributed by atoms with E-state index in [1.165, 1.54) is 0 Å². The average molecular weight is 598 g/mol. The van der Waals surface area contributed by atoms with E-state index in [0.717, 1.165) is 29.2 Å². The van der Waals surface area contributed by atoms with Gasteiger partial charge in [-0.05, 0) is 66.0 Å². The van der Waals surface area contributed by atoms with Crippen molar-refractivity contribution in [3.05, 3.63) is 90.0 Å². The topological polar surface area (TPSA) is 63.7 Å². The molecule has 0 atom stereocenters. The lowest BCUT2D eigenvalue weighted by Crippen LogP contribution is -2.55. The second kappa shape index (κ2) is 12.6. The van der Waals surface area contributed by atoms with Crippen LogP contribution < -0.4 is 0 Å². The number of likely N-dealkylation sites (tertiary alicyclic amines) is 1. The predicted molar refractivity (Wildman–Crippen MR) is 162 cm³/mol. The van der Waals surface area contributed by atoms with Gasteiger partial charge in [0.25, 0.3) is 0 Å². The monoisotopic (exact) mass is 597 g/mol. The molecule has 8 heteroatoms. The highest BCUT2D eigenvalue weighted by molar-refractivity contribution is 7.93. The maximum atomic E-state index is 14.2.